The monoisotopic (exact) mass is 1050 g/mol. The fourth-order valence-electron chi connectivity index (χ4n) is 11.5. The van der Waals surface area contributed by atoms with E-state index in [2.05, 4.69) is 77.2 Å². The summed E-state index contributed by atoms with van der Waals surface area (Å²) in [4.78, 5) is 82.1. The summed E-state index contributed by atoms with van der Waals surface area (Å²) in [5, 5.41) is 5.57. The minimum Gasteiger partial charge on any atom is -0.464 e. The number of esters is 1. The smallest absolute Gasteiger partial charge is 0.324 e. The number of nitrogens with two attached hydrogens (primary N) is 1. The largest absolute Gasteiger partial charge is 0.464 e. The second-order valence-corrected chi connectivity index (χ2v) is 22.3. The van der Waals surface area contributed by atoms with Crippen molar-refractivity contribution in [2.24, 2.45) is 23.0 Å². The van der Waals surface area contributed by atoms with E-state index in [0.29, 0.717) is 64.8 Å². The first-order valence-electron chi connectivity index (χ1n) is 26.5. The number of fused-ring (bicyclic) bond motifs is 3. The van der Waals surface area contributed by atoms with Gasteiger partial charge >= 0.3 is 12.0 Å². The Kier molecular flexibility index (Phi) is 18.6. The van der Waals surface area contributed by atoms with Crippen molar-refractivity contribution in [3.63, 3.8) is 0 Å². The number of aryl methyl sites for hydroxylation is 1. The van der Waals surface area contributed by atoms with E-state index in [1.165, 1.54) is 16.0 Å². The lowest BCUT2D eigenvalue weighted by atomic mass is 9.84. The zero-order chi connectivity index (χ0) is 54.5. The Labute approximate surface area is 447 Å². The van der Waals surface area contributed by atoms with Gasteiger partial charge in [-0.2, -0.15) is 0 Å². The first-order valence-corrected chi connectivity index (χ1v) is 27.1. The van der Waals surface area contributed by atoms with Crippen molar-refractivity contribution in [3.8, 4) is 11.3 Å². The number of rotatable bonds is 12. The number of nitrogens with zero attached hydrogens (tertiary/aromatic N) is 7. The van der Waals surface area contributed by atoms with Gasteiger partial charge in [-0.1, -0.05) is 52.7 Å². The minimum atomic E-state index is -0.951. The second kappa shape index (κ2) is 24.3. The van der Waals surface area contributed by atoms with Crippen LogP contribution in [0.15, 0.2) is 55.3 Å². The zero-order valence-electron chi connectivity index (χ0n) is 45.5. The lowest BCUT2D eigenvalue weighted by molar-refractivity contribution is -0.155. The molecule has 6 atom stereocenters. The van der Waals surface area contributed by atoms with Crippen LogP contribution < -0.4 is 16.5 Å². The SMILES string of the molecule is [B]C/C=C1\CN(CN)C[C@H]([C@@H]([Si])NC(=O)[C@H](C(C)C)N(C)C(=O)N2CCC3(CC2)OCN(C(=O)C=C)C3C)C(=O)N2CCC[C@H](N2)C(=O)OCC(C)(C)Cc2c(-c3cccnc3[C@H](C)OC)n(CC)c3ccc1cc23. The molecule has 5 radical (unpaired) electrons. The lowest BCUT2D eigenvalue weighted by Crippen LogP contribution is -2.62. The highest BCUT2D eigenvalue weighted by atomic mass is 28.1. The van der Waals surface area contributed by atoms with E-state index in [1.807, 2.05) is 44.7 Å². The number of carbonyl (C=O) groups is 5. The highest BCUT2D eigenvalue weighted by Gasteiger charge is 2.50. The number of nitrogens with one attached hydrogen (secondary N) is 2. The summed E-state index contributed by atoms with van der Waals surface area (Å²) in [6.07, 6.45) is 7.59. The van der Waals surface area contributed by atoms with Crippen LogP contribution in [-0.2, 0) is 46.4 Å². The molecule has 3 saturated heterocycles. The fraction of sp³-hybridized carbons (Fsp3) is 0.600. The number of methoxy groups -OCH3 is 1. The maximum absolute atomic E-state index is 15.0. The van der Waals surface area contributed by atoms with Crippen LogP contribution in [-0.4, -0.2) is 178 Å². The Morgan fingerprint density at radius 3 is 2.53 bits per heavy atom. The van der Waals surface area contributed by atoms with Gasteiger partial charge in [-0.25, -0.2) is 10.2 Å². The van der Waals surface area contributed by atoms with Gasteiger partial charge in [0, 0.05) is 93.8 Å². The van der Waals surface area contributed by atoms with Crippen LogP contribution in [0.3, 0.4) is 0 Å². The zero-order valence-corrected chi connectivity index (χ0v) is 46.5. The molecule has 3 fully saturated rings. The molecule has 20 heteroatoms. The minimum absolute atomic E-state index is 0.0515. The Morgan fingerprint density at radius 1 is 1.15 bits per heavy atom. The van der Waals surface area contributed by atoms with E-state index in [1.54, 1.807) is 30.2 Å². The van der Waals surface area contributed by atoms with Crippen molar-refractivity contribution >= 4 is 64.3 Å². The maximum Gasteiger partial charge on any atom is 0.324 e. The number of likely N-dealkylation sites (N-methyl/N-ethyl adjacent to an activating group) is 1. The van der Waals surface area contributed by atoms with Crippen LogP contribution in [0, 0.1) is 17.3 Å². The van der Waals surface area contributed by atoms with Crippen molar-refractivity contribution in [1.29, 1.82) is 0 Å². The molecule has 0 aliphatic carbocycles. The fourth-order valence-corrected chi connectivity index (χ4v) is 11.9. The van der Waals surface area contributed by atoms with Gasteiger partial charge in [-0.3, -0.25) is 34.1 Å². The van der Waals surface area contributed by atoms with Crippen LogP contribution in [0.4, 0.5) is 4.79 Å². The molecule has 3 aromatic rings. The number of ether oxygens (including phenoxy) is 3. The number of pyridine rings is 1. The molecule has 0 saturated carbocycles. The van der Waals surface area contributed by atoms with E-state index < -0.39 is 46.6 Å². The molecule has 4 aliphatic rings. The van der Waals surface area contributed by atoms with Gasteiger partial charge < -0.3 is 44.5 Å². The van der Waals surface area contributed by atoms with Crippen molar-refractivity contribution in [1.82, 2.24) is 44.9 Å². The van der Waals surface area contributed by atoms with E-state index in [4.69, 9.17) is 32.8 Å². The summed E-state index contributed by atoms with van der Waals surface area (Å²) >= 11 is 0. The summed E-state index contributed by atoms with van der Waals surface area (Å²) in [6, 6.07) is 8.23. The average Bonchev–Trinajstić information content (AvgIpc) is 3.89. The molecule has 403 valence electrons. The standard InChI is InChI=1S/C55H78BN10O8Si/c1-11-45(67)65-33-74-55(36(65)6)20-25-63(26-21-55)53(71)61(9)47(34(3)4)49(68)59-50(75)42-30-62(32-57)29-38(19-22-56)37-17-18-44-40(27-37)41(48(64(44)12-2)39-15-13-23-58-46(39)35(5)72-10)28-54(7,8)31-73-52(70)43-16-14-24-66(60-43)51(42)69/h11,13,15,17-19,23,27,34-36,42-43,47,50,60H,1,12,14,16,20-22,24-26,28-33,57H2,2-10H3,(H,59,68)/b38-19+/t35-,36?,42+,43-,47-,50+/m0/s1. The summed E-state index contributed by atoms with van der Waals surface area (Å²) in [5.41, 5.74) is 14.5. The number of benzene rings is 1. The second-order valence-electron chi connectivity index (χ2n) is 21.7. The van der Waals surface area contributed by atoms with Gasteiger partial charge in [0.1, 0.15) is 18.8 Å². The molecule has 18 nitrogen and oxygen atoms in total. The normalized spacial score (nSPS) is 23.5. The Hall–Kier alpha value is -5.38. The number of piperidine rings is 1. The summed E-state index contributed by atoms with van der Waals surface area (Å²) < 4.78 is 20.5. The van der Waals surface area contributed by atoms with Crippen molar-refractivity contribution in [2.75, 3.05) is 66.9 Å². The molecule has 5 amide bonds. The quantitative estimate of drug-likeness (QED) is 0.128. The highest BCUT2D eigenvalue weighted by Crippen LogP contribution is 2.42. The number of cyclic esters (lactones) is 1. The van der Waals surface area contributed by atoms with Crippen LogP contribution in [0.2, 0.25) is 6.32 Å². The van der Waals surface area contributed by atoms with E-state index >= 15 is 4.79 Å². The van der Waals surface area contributed by atoms with E-state index in [9.17, 15) is 19.2 Å². The van der Waals surface area contributed by atoms with Crippen LogP contribution >= 0.6 is 0 Å². The number of hydrogen-bond donors (Lipinski definition) is 3. The molecule has 1 aromatic carbocycles. The van der Waals surface area contributed by atoms with Gasteiger partial charge in [0.15, 0.2) is 0 Å². The number of urea groups is 1. The number of allylic oxidation sites excluding steroid dienone is 1. The molecule has 1 unspecified atom stereocenters. The molecular weight excluding hydrogens is 968 g/mol. The highest BCUT2D eigenvalue weighted by molar-refractivity contribution is 6.15. The molecular formula is C55H78BN10O8Si. The average molecular weight is 1050 g/mol. The number of hydrogen-bond acceptors (Lipinski definition) is 12. The Morgan fingerprint density at radius 2 is 1.88 bits per heavy atom. The first kappa shape index (κ1) is 57.3. The number of carbonyl (C=O) groups excluding carboxylic acids is 5. The lowest BCUT2D eigenvalue weighted by Gasteiger charge is -2.43. The van der Waals surface area contributed by atoms with Crippen LogP contribution in [0.1, 0.15) is 97.1 Å². The number of hydrazine groups is 1. The van der Waals surface area contributed by atoms with Gasteiger partial charge in [-0.15, -0.1) is 0 Å². The Bertz CT molecular complexity index is 2620. The van der Waals surface area contributed by atoms with Gasteiger partial charge in [-0.05, 0) is 106 Å². The van der Waals surface area contributed by atoms with Crippen LogP contribution in [0.5, 0.6) is 0 Å². The molecule has 7 rings (SSSR count). The summed E-state index contributed by atoms with van der Waals surface area (Å²) in [5.74, 6) is -2.74. The van der Waals surface area contributed by atoms with Crippen molar-refractivity contribution in [3.05, 3.63) is 72.1 Å². The number of likely N-dealkylation sites (tertiary alicyclic amines) is 1. The third-order valence-corrected chi connectivity index (χ3v) is 16.4. The Balaban J connectivity index is 1.20. The molecule has 2 aromatic heterocycles. The molecule has 4 aliphatic heterocycles. The predicted molar refractivity (Wildman–Crippen MR) is 291 cm³/mol. The number of amides is 5. The van der Waals surface area contributed by atoms with Gasteiger partial charge in [0.2, 0.25) is 17.7 Å². The van der Waals surface area contributed by atoms with Crippen LogP contribution in [0.25, 0.3) is 27.7 Å². The van der Waals surface area contributed by atoms with Crippen molar-refractivity contribution < 1.29 is 38.2 Å². The first-order chi connectivity index (χ1) is 35.7. The molecule has 4 bridgehead atoms. The third kappa shape index (κ3) is 12.1. The topological polar surface area (TPSA) is 197 Å². The molecule has 75 heavy (non-hydrogen) atoms. The third-order valence-electron chi connectivity index (χ3n) is 15.9. The molecule has 6 heterocycles. The number of aromatic nitrogens is 2. The summed E-state index contributed by atoms with van der Waals surface area (Å²) in [7, 11) is 13.4. The maximum atomic E-state index is 15.0. The summed E-state index contributed by atoms with van der Waals surface area (Å²) in [6.45, 7) is 20.1. The predicted octanol–water partition coefficient (Wildman–Crippen LogP) is 4.77. The van der Waals surface area contributed by atoms with Gasteiger partial charge in [0.25, 0.3) is 0 Å². The molecule has 1 spiro atoms. The van der Waals surface area contributed by atoms with Crippen molar-refractivity contribution in [2.45, 2.75) is 129 Å². The molecule has 4 N–H and O–H groups in total. The van der Waals surface area contributed by atoms with Gasteiger partial charge in [0.05, 0.1) is 59.7 Å². The van der Waals surface area contributed by atoms with E-state index in [-0.39, 0.29) is 68.8 Å². The van der Waals surface area contributed by atoms with E-state index in [0.717, 1.165) is 44.6 Å².